The van der Waals surface area contributed by atoms with Crippen molar-refractivity contribution in [3.63, 3.8) is 0 Å². The highest BCUT2D eigenvalue weighted by Crippen LogP contribution is 2.48. The van der Waals surface area contributed by atoms with Crippen molar-refractivity contribution >= 4 is 17.3 Å². The van der Waals surface area contributed by atoms with Crippen LogP contribution < -0.4 is 11.1 Å². The van der Waals surface area contributed by atoms with Crippen LogP contribution in [0, 0.1) is 0 Å². The van der Waals surface area contributed by atoms with Gasteiger partial charge in [0.1, 0.15) is 0 Å². The molecule has 0 aliphatic heterocycles. The van der Waals surface area contributed by atoms with E-state index in [2.05, 4.69) is 12.2 Å². The number of anilines is 2. The molecule has 21 heavy (non-hydrogen) atoms. The quantitative estimate of drug-likeness (QED) is 0.842. The van der Waals surface area contributed by atoms with Crippen LogP contribution in [0.3, 0.4) is 0 Å². The summed E-state index contributed by atoms with van der Waals surface area (Å²) in [7, 11) is 0. The second-order valence-corrected chi connectivity index (χ2v) is 5.67. The third-order valence-corrected chi connectivity index (χ3v) is 4.30. The lowest BCUT2D eigenvalue weighted by molar-refractivity contribution is -0.118. The first kappa shape index (κ1) is 13.7. The Kier molecular flexibility index (Phi) is 3.42. The Hall–Kier alpha value is -2.29. The molecule has 2 aromatic carbocycles. The molecule has 0 spiro atoms. The van der Waals surface area contributed by atoms with Crippen LogP contribution in [-0.2, 0) is 16.6 Å². The SMILES string of the molecule is CCc1ccc(NC(=O)C2(c3ccccc3)CC2)cc1N. The number of rotatable bonds is 4. The minimum absolute atomic E-state index is 0.0670. The molecular weight excluding hydrogens is 260 g/mol. The topological polar surface area (TPSA) is 55.1 Å². The Balaban J connectivity index is 1.79. The number of hydrogen-bond donors (Lipinski definition) is 2. The Morgan fingerprint density at radius 1 is 1.19 bits per heavy atom. The van der Waals surface area contributed by atoms with Gasteiger partial charge >= 0.3 is 0 Å². The highest BCUT2D eigenvalue weighted by Gasteiger charge is 2.51. The maximum Gasteiger partial charge on any atom is 0.235 e. The van der Waals surface area contributed by atoms with Gasteiger partial charge < -0.3 is 11.1 Å². The van der Waals surface area contributed by atoms with Gasteiger partial charge in [0.05, 0.1) is 5.41 Å². The predicted molar refractivity (Wildman–Crippen MR) is 86.2 cm³/mol. The molecule has 0 heterocycles. The van der Waals surface area contributed by atoms with E-state index in [9.17, 15) is 4.79 Å². The van der Waals surface area contributed by atoms with E-state index in [1.54, 1.807) is 0 Å². The molecule has 0 radical (unpaired) electrons. The van der Waals surface area contributed by atoms with Gasteiger partial charge in [-0.15, -0.1) is 0 Å². The smallest absolute Gasteiger partial charge is 0.235 e. The lowest BCUT2D eigenvalue weighted by Gasteiger charge is -2.16. The van der Waals surface area contributed by atoms with Crippen molar-refractivity contribution in [3.05, 3.63) is 59.7 Å². The van der Waals surface area contributed by atoms with Gasteiger partial charge in [0.2, 0.25) is 5.91 Å². The summed E-state index contributed by atoms with van der Waals surface area (Å²) < 4.78 is 0. The van der Waals surface area contributed by atoms with Gasteiger partial charge in [-0.1, -0.05) is 43.3 Å². The number of amides is 1. The molecule has 1 aliphatic rings. The highest BCUT2D eigenvalue weighted by molar-refractivity contribution is 6.01. The van der Waals surface area contributed by atoms with Crippen molar-refractivity contribution in [3.8, 4) is 0 Å². The van der Waals surface area contributed by atoms with E-state index < -0.39 is 0 Å². The van der Waals surface area contributed by atoms with Gasteiger partial charge in [0.15, 0.2) is 0 Å². The second kappa shape index (κ2) is 5.24. The lowest BCUT2D eigenvalue weighted by Crippen LogP contribution is -2.27. The summed E-state index contributed by atoms with van der Waals surface area (Å²) in [5.74, 6) is 0.0670. The number of carbonyl (C=O) groups is 1. The van der Waals surface area contributed by atoms with Crippen molar-refractivity contribution in [2.45, 2.75) is 31.6 Å². The summed E-state index contributed by atoms with van der Waals surface area (Å²) in [6.45, 7) is 2.07. The Morgan fingerprint density at radius 2 is 1.90 bits per heavy atom. The van der Waals surface area contributed by atoms with Gasteiger partial charge in [-0.25, -0.2) is 0 Å². The summed E-state index contributed by atoms with van der Waals surface area (Å²) in [4.78, 5) is 12.6. The zero-order chi connectivity index (χ0) is 14.9. The van der Waals surface area contributed by atoms with Crippen LogP contribution in [0.25, 0.3) is 0 Å². The van der Waals surface area contributed by atoms with E-state index in [1.807, 2.05) is 48.5 Å². The fourth-order valence-corrected chi connectivity index (χ4v) is 2.77. The maximum absolute atomic E-state index is 12.6. The molecule has 1 fully saturated rings. The van der Waals surface area contributed by atoms with Gasteiger partial charge in [0, 0.05) is 11.4 Å². The van der Waals surface area contributed by atoms with Crippen LogP contribution in [0.2, 0.25) is 0 Å². The van der Waals surface area contributed by atoms with Crippen LogP contribution >= 0.6 is 0 Å². The van der Waals surface area contributed by atoms with Crippen molar-refractivity contribution in [1.29, 1.82) is 0 Å². The molecule has 0 unspecified atom stereocenters. The van der Waals surface area contributed by atoms with E-state index in [-0.39, 0.29) is 11.3 Å². The molecule has 0 atom stereocenters. The van der Waals surface area contributed by atoms with E-state index in [4.69, 9.17) is 5.73 Å². The largest absolute Gasteiger partial charge is 0.398 e. The summed E-state index contributed by atoms with van der Waals surface area (Å²) in [5, 5.41) is 3.02. The highest BCUT2D eigenvalue weighted by atomic mass is 16.2. The first-order valence-electron chi connectivity index (χ1n) is 7.41. The minimum Gasteiger partial charge on any atom is -0.398 e. The fourth-order valence-electron chi connectivity index (χ4n) is 2.77. The third-order valence-electron chi connectivity index (χ3n) is 4.30. The average molecular weight is 280 g/mol. The first-order chi connectivity index (χ1) is 10.2. The Bertz CT molecular complexity index is 660. The third kappa shape index (κ3) is 2.51. The maximum atomic E-state index is 12.6. The van der Waals surface area contributed by atoms with Gasteiger partial charge in [0.25, 0.3) is 0 Å². The number of nitrogens with one attached hydrogen (secondary N) is 1. The molecule has 3 rings (SSSR count). The summed E-state index contributed by atoms with van der Waals surface area (Å²) in [6, 6.07) is 15.7. The summed E-state index contributed by atoms with van der Waals surface area (Å²) in [5.41, 5.74) is 9.36. The molecule has 0 saturated heterocycles. The van der Waals surface area contributed by atoms with Crippen LogP contribution in [0.15, 0.2) is 48.5 Å². The molecule has 1 saturated carbocycles. The second-order valence-electron chi connectivity index (χ2n) is 5.67. The zero-order valence-electron chi connectivity index (χ0n) is 12.2. The molecule has 1 aliphatic carbocycles. The first-order valence-corrected chi connectivity index (χ1v) is 7.41. The average Bonchev–Trinajstić information content (AvgIpc) is 3.30. The monoisotopic (exact) mass is 280 g/mol. The number of carbonyl (C=O) groups excluding carboxylic acids is 1. The van der Waals surface area contributed by atoms with Crippen LogP contribution in [0.5, 0.6) is 0 Å². The molecule has 2 aromatic rings. The van der Waals surface area contributed by atoms with Crippen LogP contribution in [-0.4, -0.2) is 5.91 Å². The molecule has 108 valence electrons. The molecule has 3 heteroatoms. The van der Waals surface area contributed by atoms with E-state index in [0.717, 1.165) is 41.8 Å². The van der Waals surface area contributed by atoms with Crippen LogP contribution in [0.4, 0.5) is 11.4 Å². The number of benzene rings is 2. The van der Waals surface area contributed by atoms with E-state index in [0.29, 0.717) is 0 Å². The lowest BCUT2D eigenvalue weighted by atomic mass is 9.95. The molecule has 3 N–H and O–H groups in total. The van der Waals surface area contributed by atoms with Gasteiger partial charge in [-0.2, -0.15) is 0 Å². The molecule has 3 nitrogen and oxygen atoms in total. The van der Waals surface area contributed by atoms with Crippen molar-refractivity contribution in [2.75, 3.05) is 11.1 Å². The summed E-state index contributed by atoms with van der Waals surface area (Å²) >= 11 is 0. The molecule has 0 aromatic heterocycles. The normalized spacial score (nSPS) is 15.5. The molecular formula is C18H20N2O. The van der Waals surface area contributed by atoms with Crippen molar-refractivity contribution in [2.24, 2.45) is 0 Å². The zero-order valence-corrected chi connectivity index (χ0v) is 12.2. The fraction of sp³-hybridized carbons (Fsp3) is 0.278. The number of hydrogen-bond acceptors (Lipinski definition) is 2. The van der Waals surface area contributed by atoms with Gasteiger partial charge in [-0.05, 0) is 42.5 Å². The number of nitrogens with two attached hydrogens (primary N) is 1. The molecule has 0 bridgehead atoms. The summed E-state index contributed by atoms with van der Waals surface area (Å²) in [6.07, 6.45) is 2.71. The van der Waals surface area contributed by atoms with Crippen molar-refractivity contribution < 1.29 is 4.79 Å². The predicted octanol–water partition coefficient (Wildman–Crippen LogP) is 3.50. The molecule has 1 amide bonds. The Morgan fingerprint density at radius 3 is 2.48 bits per heavy atom. The minimum atomic E-state index is -0.348. The van der Waals surface area contributed by atoms with Gasteiger partial charge in [-0.3, -0.25) is 4.79 Å². The van der Waals surface area contributed by atoms with E-state index >= 15 is 0 Å². The van der Waals surface area contributed by atoms with E-state index in [1.165, 1.54) is 0 Å². The number of nitrogen functional groups attached to an aromatic ring is 1. The van der Waals surface area contributed by atoms with Crippen molar-refractivity contribution in [1.82, 2.24) is 0 Å². The standard InChI is InChI=1S/C18H20N2O/c1-2-13-8-9-15(12-16(13)19)20-17(21)18(10-11-18)14-6-4-3-5-7-14/h3-9,12H,2,10-11,19H2,1H3,(H,20,21). The number of aryl methyl sites for hydroxylation is 1. The van der Waals surface area contributed by atoms with Crippen LogP contribution in [0.1, 0.15) is 30.9 Å². The Labute approximate surface area is 125 Å².